The molecule has 2 aromatic carbocycles. The molecule has 0 spiro atoms. The maximum atomic E-state index is 12.3. The molecule has 1 N–H and O–H groups in total. The van der Waals surface area contributed by atoms with Gasteiger partial charge in [0.1, 0.15) is 11.5 Å². The maximum Gasteiger partial charge on any atom is 0.308 e. The van der Waals surface area contributed by atoms with E-state index in [4.69, 9.17) is 4.74 Å². The van der Waals surface area contributed by atoms with Gasteiger partial charge in [-0.2, -0.15) is 0 Å². The van der Waals surface area contributed by atoms with Crippen molar-refractivity contribution in [2.75, 3.05) is 13.7 Å². The van der Waals surface area contributed by atoms with Crippen LogP contribution in [0.15, 0.2) is 48.5 Å². The third-order valence-electron chi connectivity index (χ3n) is 3.01. The number of methoxy groups -OCH3 is 1. The van der Waals surface area contributed by atoms with Gasteiger partial charge in [-0.25, -0.2) is 0 Å². The van der Waals surface area contributed by atoms with Gasteiger partial charge in [-0.15, -0.1) is 0 Å². The van der Waals surface area contributed by atoms with E-state index < -0.39 is 0 Å². The average Bonchev–Trinajstić information content (AvgIpc) is 2.54. The highest BCUT2D eigenvalue weighted by Crippen LogP contribution is 2.19. The Morgan fingerprint density at radius 3 is 2.41 bits per heavy atom. The first kappa shape index (κ1) is 15.6. The van der Waals surface area contributed by atoms with Gasteiger partial charge in [-0.1, -0.05) is 24.3 Å². The second-order valence-electron chi connectivity index (χ2n) is 4.58. The van der Waals surface area contributed by atoms with Crippen molar-refractivity contribution in [2.24, 2.45) is 0 Å². The number of hydrogen-bond acceptors (Lipinski definition) is 5. The summed E-state index contributed by atoms with van der Waals surface area (Å²) in [4.78, 5) is 23.4. The van der Waals surface area contributed by atoms with E-state index in [9.17, 15) is 14.7 Å². The van der Waals surface area contributed by atoms with Gasteiger partial charge in [0.15, 0.2) is 5.78 Å². The Bertz CT molecular complexity index is 678. The van der Waals surface area contributed by atoms with Gasteiger partial charge < -0.3 is 14.6 Å². The molecule has 0 bridgehead atoms. The molecule has 0 saturated heterocycles. The van der Waals surface area contributed by atoms with Gasteiger partial charge in [0.25, 0.3) is 0 Å². The molecule has 0 aliphatic rings. The molecular formula is C17H16O5. The maximum absolute atomic E-state index is 12.3. The van der Waals surface area contributed by atoms with Crippen LogP contribution in [0, 0.1) is 0 Å². The lowest BCUT2D eigenvalue weighted by Crippen LogP contribution is -2.08. The SMILES string of the molecule is COC(=O)CCOc1cccc(C(=O)c2cccc(O)c2)c1. The van der Waals surface area contributed by atoms with Gasteiger partial charge in [-0.05, 0) is 24.3 Å². The summed E-state index contributed by atoms with van der Waals surface area (Å²) in [7, 11) is 1.32. The molecule has 0 radical (unpaired) electrons. The van der Waals surface area contributed by atoms with E-state index in [0.29, 0.717) is 16.9 Å². The van der Waals surface area contributed by atoms with Crippen LogP contribution < -0.4 is 4.74 Å². The molecule has 0 heterocycles. The van der Waals surface area contributed by atoms with Crippen molar-refractivity contribution in [3.05, 3.63) is 59.7 Å². The first-order valence-electron chi connectivity index (χ1n) is 6.73. The Labute approximate surface area is 128 Å². The Morgan fingerprint density at radius 2 is 1.73 bits per heavy atom. The summed E-state index contributed by atoms with van der Waals surface area (Å²) in [6.07, 6.45) is 0.140. The van der Waals surface area contributed by atoms with E-state index in [2.05, 4.69) is 4.74 Å². The van der Waals surface area contributed by atoms with Crippen LogP contribution in [0.25, 0.3) is 0 Å². The minimum Gasteiger partial charge on any atom is -0.508 e. The van der Waals surface area contributed by atoms with Crippen molar-refractivity contribution >= 4 is 11.8 Å². The van der Waals surface area contributed by atoms with Crippen molar-refractivity contribution in [1.82, 2.24) is 0 Å². The van der Waals surface area contributed by atoms with Crippen molar-refractivity contribution in [1.29, 1.82) is 0 Å². The van der Waals surface area contributed by atoms with E-state index in [1.54, 1.807) is 36.4 Å². The molecule has 0 aliphatic carbocycles. The van der Waals surface area contributed by atoms with Crippen LogP contribution in [-0.4, -0.2) is 30.6 Å². The number of esters is 1. The van der Waals surface area contributed by atoms with E-state index in [1.165, 1.54) is 19.2 Å². The first-order valence-corrected chi connectivity index (χ1v) is 6.73. The fraction of sp³-hybridized carbons (Fsp3) is 0.176. The van der Waals surface area contributed by atoms with Crippen molar-refractivity contribution in [3.8, 4) is 11.5 Å². The standard InChI is InChI=1S/C17H16O5/c1-21-16(19)8-9-22-15-7-3-5-13(11-15)17(20)12-4-2-6-14(18)10-12/h2-7,10-11,18H,8-9H2,1H3. The molecule has 114 valence electrons. The Balaban J connectivity index is 2.07. The largest absolute Gasteiger partial charge is 0.508 e. The van der Waals surface area contributed by atoms with Gasteiger partial charge in [-0.3, -0.25) is 9.59 Å². The zero-order valence-corrected chi connectivity index (χ0v) is 12.1. The third-order valence-corrected chi connectivity index (χ3v) is 3.01. The average molecular weight is 300 g/mol. The quantitative estimate of drug-likeness (QED) is 0.655. The summed E-state index contributed by atoms with van der Waals surface area (Å²) in [5.74, 6) is -0.0347. The predicted octanol–water partition coefficient (Wildman–Crippen LogP) is 2.57. The van der Waals surface area contributed by atoms with Crippen LogP contribution in [0.2, 0.25) is 0 Å². The van der Waals surface area contributed by atoms with Crippen LogP contribution in [-0.2, 0) is 9.53 Å². The number of hydrogen-bond donors (Lipinski definition) is 1. The number of phenolic OH excluding ortho intramolecular Hbond substituents is 1. The van der Waals surface area contributed by atoms with E-state index in [-0.39, 0.29) is 30.5 Å². The normalized spacial score (nSPS) is 10.0. The molecule has 5 heteroatoms. The zero-order valence-electron chi connectivity index (χ0n) is 12.1. The van der Waals surface area contributed by atoms with Crippen LogP contribution in [0.1, 0.15) is 22.3 Å². The van der Waals surface area contributed by atoms with Crippen LogP contribution in [0.5, 0.6) is 11.5 Å². The second-order valence-corrected chi connectivity index (χ2v) is 4.58. The Hall–Kier alpha value is -2.82. The summed E-state index contributed by atoms with van der Waals surface area (Å²) in [6.45, 7) is 0.177. The van der Waals surface area contributed by atoms with Crippen LogP contribution >= 0.6 is 0 Å². The number of ketones is 1. The summed E-state index contributed by atoms with van der Waals surface area (Å²) in [5, 5.41) is 9.43. The molecule has 0 aromatic heterocycles. The number of phenols is 1. The molecule has 2 aromatic rings. The number of carbonyl (C=O) groups is 2. The summed E-state index contributed by atoms with van der Waals surface area (Å²) < 4.78 is 9.95. The highest BCUT2D eigenvalue weighted by Gasteiger charge is 2.10. The van der Waals surface area contributed by atoms with Gasteiger partial charge in [0.05, 0.1) is 20.1 Å². The lowest BCUT2D eigenvalue weighted by molar-refractivity contribution is -0.141. The number of aromatic hydroxyl groups is 1. The van der Waals surface area contributed by atoms with Crippen LogP contribution in [0.4, 0.5) is 0 Å². The molecule has 0 amide bonds. The van der Waals surface area contributed by atoms with E-state index >= 15 is 0 Å². The second kappa shape index (κ2) is 7.26. The third kappa shape index (κ3) is 4.09. The number of ether oxygens (including phenoxy) is 2. The molecule has 0 aliphatic heterocycles. The number of carbonyl (C=O) groups excluding carboxylic acids is 2. The summed E-state index contributed by atoms with van der Waals surface area (Å²) in [5.41, 5.74) is 0.841. The topological polar surface area (TPSA) is 72.8 Å². The molecular weight excluding hydrogens is 284 g/mol. The monoisotopic (exact) mass is 300 g/mol. The highest BCUT2D eigenvalue weighted by atomic mass is 16.5. The lowest BCUT2D eigenvalue weighted by atomic mass is 10.0. The lowest BCUT2D eigenvalue weighted by Gasteiger charge is -2.07. The minimum absolute atomic E-state index is 0.0383. The number of rotatable bonds is 6. The zero-order chi connectivity index (χ0) is 15.9. The summed E-state index contributed by atoms with van der Waals surface area (Å²) >= 11 is 0. The van der Waals surface area contributed by atoms with Gasteiger partial charge in [0, 0.05) is 11.1 Å². The Kier molecular flexibility index (Phi) is 5.14. The van der Waals surface area contributed by atoms with Crippen LogP contribution in [0.3, 0.4) is 0 Å². The fourth-order valence-corrected chi connectivity index (χ4v) is 1.90. The van der Waals surface area contributed by atoms with E-state index in [1.807, 2.05) is 0 Å². The summed E-state index contributed by atoms with van der Waals surface area (Å²) in [6, 6.07) is 12.8. The smallest absolute Gasteiger partial charge is 0.308 e. The van der Waals surface area contributed by atoms with Crippen molar-refractivity contribution < 1.29 is 24.2 Å². The molecule has 5 nitrogen and oxygen atoms in total. The number of benzene rings is 2. The Morgan fingerprint density at radius 1 is 1.05 bits per heavy atom. The molecule has 0 unspecified atom stereocenters. The molecule has 0 fully saturated rings. The predicted molar refractivity (Wildman–Crippen MR) is 80.1 cm³/mol. The van der Waals surface area contributed by atoms with Crippen molar-refractivity contribution in [3.63, 3.8) is 0 Å². The molecule has 22 heavy (non-hydrogen) atoms. The first-order chi connectivity index (χ1) is 10.6. The molecule has 0 atom stereocenters. The molecule has 2 rings (SSSR count). The molecule has 0 saturated carbocycles. The van der Waals surface area contributed by atoms with E-state index in [0.717, 1.165) is 0 Å². The highest BCUT2D eigenvalue weighted by molar-refractivity contribution is 6.09. The van der Waals surface area contributed by atoms with Gasteiger partial charge in [0.2, 0.25) is 0 Å². The minimum atomic E-state index is -0.355. The van der Waals surface area contributed by atoms with Gasteiger partial charge >= 0.3 is 5.97 Å². The fourth-order valence-electron chi connectivity index (χ4n) is 1.90. The van der Waals surface area contributed by atoms with Crippen molar-refractivity contribution in [2.45, 2.75) is 6.42 Å².